The van der Waals surface area contributed by atoms with Crippen LogP contribution in [0.5, 0.6) is 11.5 Å². The van der Waals surface area contributed by atoms with Gasteiger partial charge in [-0.05, 0) is 36.4 Å². The Morgan fingerprint density at radius 2 is 1.86 bits per heavy atom. The number of carbonyl (C=O) groups is 2. The number of carbonyl (C=O) groups excluding carboxylic acids is 2. The van der Waals surface area contributed by atoms with E-state index in [0.717, 1.165) is 0 Å². The van der Waals surface area contributed by atoms with E-state index in [1.54, 1.807) is 55.6 Å². The molecule has 1 fully saturated rings. The number of methoxy groups -OCH3 is 1. The molecule has 0 bridgehead atoms. The van der Waals surface area contributed by atoms with Crippen molar-refractivity contribution in [2.45, 2.75) is 11.9 Å². The normalized spacial score (nSPS) is 24.8. The maximum atomic E-state index is 12.7. The summed E-state index contributed by atoms with van der Waals surface area (Å²) < 4.78 is 16.0. The fourth-order valence-electron chi connectivity index (χ4n) is 2.70. The third-order valence-electron chi connectivity index (χ3n) is 3.96. The number of fused-ring (bicyclic) bond motifs is 2. The van der Waals surface area contributed by atoms with E-state index in [9.17, 15) is 9.59 Å². The van der Waals surface area contributed by atoms with E-state index in [1.807, 2.05) is 0 Å². The monoisotopic (exact) mass is 296 g/mol. The minimum Gasteiger partial charge on any atom is -0.497 e. The first kappa shape index (κ1) is 13.0. The lowest BCUT2D eigenvalue weighted by atomic mass is 9.87. The van der Waals surface area contributed by atoms with Gasteiger partial charge < -0.3 is 14.2 Å². The molecule has 2 aliphatic rings. The second kappa shape index (κ2) is 4.42. The number of para-hydroxylation sites is 1. The maximum Gasteiger partial charge on any atom is 0.259 e. The summed E-state index contributed by atoms with van der Waals surface area (Å²) in [6.45, 7) is 0. The average Bonchev–Trinajstić information content (AvgIpc) is 3.30. The van der Waals surface area contributed by atoms with Gasteiger partial charge in [0.2, 0.25) is 17.9 Å². The fraction of sp³-hybridized carbons (Fsp3) is 0.176. The Morgan fingerprint density at radius 3 is 2.59 bits per heavy atom. The van der Waals surface area contributed by atoms with E-state index < -0.39 is 11.9 Å². The molecule has 2 aromatic rings. The molecule has 5 heteroatoms. The minimum absolute atomic E-state index is 0.347. The van der Waals surface area contributed by atoms with E-state index >= 15 is 0 Å². The number of ketones is 2. The summed E-state index contributed by atoms with van der Waals surface area (Å²) >= 11 is 0. The molecule has 110 valence electrons. The number of Topliss-reactive ketones (excluding diaryl/α,β-unsaturated/α-hetero) is 2. The topological polar surface area (TPSA) is 65.1 Å². The Labute approximate surface area is 126 Å². The molecule has 0 amide bonds. The molecular weight excluding hydrogens is 284 g/mol. The molecular formula is C17H12O5. The lowest BCUT2D eigenvalue weighted by molar-refractivity contribution is 0.0747. The van der Waals surface area contributed by atoms with Gasteiger partial charge in [-0.25, -0.2) is 0 Å². The van der Waals surface area contributed by atoms with Gasteiger partial charge in [0.05, 0.1) is 12.7 Å². The zero-order chi connectivity index (χ0) is 15.3. The van der Waals surface area contributed by atoms with Crippen LogP contribution in [0.4, 0.5) is 0 Å². The Hall–Kier alpha value is -2.66. The Kier molecular flexibility index (Phi) is 2.62. The largest absolute Gasteiger partial charge is 0.497 e. The maximum absolute atomic E-state index is 12.7. The molecule has 2 aromatic carbocycles. The average molecular weight is 296 g/mol. The third kappa shape index (κ3) is 1.63. The molecule has 0 aromatic heterocycles. The van der Waals surface area contributed by atoms with Crippen LogP contribution in [0.25, 0.3) is 0 Å². The third-order valence-corrected chi connectivity index (χ3v) is 3.96. The van der Waals surface area contributed by atoms with Gasteiger partial charge in [0, 0.05) is 5.56 Å². The van der Waals surface area contributed by atoms with E-state index in [0.29, 0.717) is 22.6 Å². The van der Waals surface area contributed by atoms with Crippen molar-refractivity contribution in [3.63, 3.8) is 0 Å². The number of ether oxygens (including phenoxy) is 3. The van der Waals surface area contributed by atoms with Crippen LogP contribution in [0.2, 0.25) is 0 Å². The zero-order valence-corrected chi connectivity index (χ0v) is 11.7. The van der Waals surface area contributed by atoms with Crippen molar-refractivity contribution in [1.29, 1.82) is 0 Å². The first-order valence-electron chi connectivity index (χ1n) is 6.84. The van der Waals surface area contributed by atoms with Crippen molar-refractivity contribution >= 4 is 11.6 Å². The molecule has 2 heterocycles. The molecule has 1 saturated heterocycles. The highest BCUT2D eigenvalue weighted by atomic mass is 16.8. The van der Waals surface area contributed by atoms with Gasteiger partial charge in [-0.15, -0.1) is 0 Å². The van der Waals surface area contributed by atoms with Crippen LogP contribution in [-0.2, 0) is 4.74 Å². The molecule has 5 nitrogen and oxygen atoms in total. The summed E-state index contributed by atoms with van der Waals surface area (Å²) in [5.41, 5.74) is -0.777. The summed E-state index contributed by atoms with van der Waals surface area (Å²) in [7, 11) is 1.55. The fourth-order valence-corrected chi connectivity index (χ4v) is 2.70. The van der Waals surface area contributed by atoms with E-state index in [-0.39, 0.29) is 11.6 Å². The van der Waals surface area contributed by atoms with Crippen LogP contribution >= 0.6 is 0 Å². The van der Waals surface area contributed by atoms with Crippen molar-refractivity contribution in [3.05, 3.63) is 59.7 Å². The van der Waals surface area contributed by atoms with Crippen LogP contribution < -0.4 is 9.47 Å². The first-order valence-corrected chi connectivity index (χ1v) is 6.84. The van der Waals surface area contributed by atoms with Crippen molar-refractivity contribution in [2.24, 2.45) is 0 Å². The van der Waals surface area contributed by atoms with Crippen molar-refractivity contribution < 1.29 is 23.8 Å². The summed E-state index contributed by atoms with van der Waals surface area (Å²) in [5.74, 6) is 0.354. The standard InChI is InChI=1S/C17H12O5/c1-20-11-8-6-10(7-9-11)14(18)17-15(19)12-4-2-3-5-13(12)21-16(17)22-17/h2-9,16H,1H3. The van der Waals surface area contributed by atoms with Crippen LogP contribution in [0, 0.1) is 0 Å². The molecule has 0 spiro atoms. The van der Waals surface area contributed by atoms with E-state index in [1.165, 1.54) is 0 Å². The molecule has 22 heavy (non-hydrogen) atoms. The SMILES string of the molecule is COc1ccc(C(=O)C23OC2Oc2ccccc2C3=O)cc1. The van der Waals surface area contributed by atoms with Gasteiger partial charge in [0.25, 0.3) is 5.60 Å². The van der Waals surface area contributed by atoms with Gasteiger partial charge in [0.15, 0.2) is 0 Å². The molecule has 0 N–H and O–H groups in total. The smallest absolute Gasteiger partial charge is 0.259 e. The minimum atomic E-state index is -1.54. The number of rotatable bonds is 3. The van der Waals surface area contributed by atoms with Crippen molar-refractivity contribution in [1.82, 2.24) is 0 Å². The zero-order valence-electron chi connectivity index (χ0n) is 11.7. The van der Waals surface area contributed by atoms with Gasteiger partial charge in [-0.2, -0.15) is 0 Å². The predicted octanol–water partition coefficient (Wildman–Crippen LogP) is 2.25. The van der Waals surface area contributed by atoms with Crippen LogP contribution in [0.15, 0.2) is 48.5 Å². The van der Waals surface area contributed by atoms with E-state index in [4.69, 9.17) is 14.2 Å². The highest BCUT2D eigenvalue weighted by molar-refractivity contribution is 6.26. The summed E-state index contributed by atoms with van der Waals surface area (Å²) in [6.07, 6.45) is -0.843. The molecule has 2 atom stereocenters. The molecule has 2 unspecified atom stereocenters. The second-order valence-corrected chi connectivity index (χ2v) is 5.19. The van der Waals surface area contributed by atoms with Gasteiger partial charge in [-0.3, -0.25) is 9.59 Å². The summed E-state index contributed by atoms with van der Waals surface area (Å²) in [5, 5.41) is 0. The first-order chi connectivity index (χ1) is 10.7. The number of benzene rings is 2. The number of epoxide rings is 1. The van der Waals surface area contributed by atoms with Gasteiger partial charge >= 0.3 is 0 Å². The van der Waals surface area contributed by atoms with Crippen molar-refractivity contribution in [3.8, 4) is 11.5 Å². The molecule has 2 aliphatic heterocycles. The van der Waals surface area contributed by atoms with Gasteiger partial charge in [-0.1, -0.05) is 12.1 Å². The quantitative estimate of drug-likeness (QED) is 0.494. The van der Waals surface area contributed by atoms with E-state index in [2.05, 4.69) is 0 Å². The molecule has 0 aliphatic carbocycles. The summed E-state index contributed by atoms with van der Waals surface area (Å²) in [6, 6.07) is 13.4. The summed E-state index contributed by atoms with van der Waals surface area (Å²) in [4.78, 5) is 25.4. The molecule has 0 radical (unpaired) electrons. The van der Waals surface area contributed by atoms with Crippen LogP contribution in [-0.4, -0.2) is 30.6 Å². The lowest BCUT2D eigenvalue weighted by Crippen LogP contribution is -2.41. The van der Waals surface area contributed by atoms with Crippen molar-refractivity contribution in [2.75, 3.05) is 7.11 Å². The van der Waals surface area contributed by atoms with Gasteiger partial charge in [0.1, 0.15) is 11.5 Å². The second-order valence-electron chi connectivity index (χ2n) is 5.19. The predicted molar refractivity (Wildman–Crippen MR) is 76.3 cm³/mol. The highest BCUT2D eigenvalue weighted by Gasteiger charge is 2.72. The number of hydrogen-bond acceptors (Lipinski definition) is 5. The Balaban J connectivity index is 1.71. The lowest BCUT2D eigenvalue weighted by Gasteiger charge is -2.18. The van der Waals surface area contributed by atoms with Crippen LogP contribution in [0.1, 0.15) is 20.7 Å². The molecule has 0 saturated carbocycles. The Morgan fingerprint density at radius 1 is 1.14 bits per heavy atom. The molecule has 4 rings (SSSR count). The Bertz CT molecular complexity index is 780. The number of hydrogen-bond donors (Lipinski definition) is 0. The van der Waals surface area contributed by atoms with Crippen LogP contribution in [0.3, 0.4) is 0 Å². The highest BCUT2D eigenvalue weighted by Crippen LogP contribution is 2.48.